The van der Waals surface area contributed by atoms with Gasteiger partial charge in [0.2, 0.25) is 5.91 Å². The van der Waals surface area contributed by atoms with Crippen LogP contribution in [-0.4, -0.2) is 64.4 Å². The summed E-state index contributed by atoms with van der Waals surface area (Å²) in [6, 6.07) is 0. The van der Waals surface area contributed by atoms with Gasteiger partial charge in [0.05, 0.1) is 19.8 Å². The fourth-order valence-electron chi connectivity index (χ4n) is 2.22. The SMILES string of the molecule is CNC(=O)CC1CCN(CCOCCOC)CC1. The predicted octanol–water partition coefficient (Wildman–Crippen LogP) is 0.498. The van der Waals surface area contributed by atoms with Gasteiger partial charge in [-0.2, -0.15) is 0 Å². The van der Waals surface area contributed by atoms with Crippen molar-refractivity contribution in [3.8, 4) is 0 Å². The van der Waals surface area contributed by atoms with Gasteiger partial charge in [-0.3, -0.25) is 4.79 Å². The standard InChI is InChI=1S/C13H26N2O3/c1-14-13(16)11-12-3-5-15(6-4-12)7-8-18-10-9-17-2/h12H,3-11H2,1-2H3,(H,14,16). The largest absolute Gasteiger partial charge is 0.382 e. The summed E-state index contributed by atoms with van der Waals surface area (Å²) in [6.45, 7) is 5.24. The first-order chi connectivity index (χ1) is 8.76. The molecule has 0 radical (unpaired) electrons. The van der Waals surface area contributed by atoms with Crippen molar-refractivity contribution in [1.82, 2.24) is 10.2 Å². The first-order valence-corrected chi connectivity index (χ1v) is 6.76. The Labute approximate surface area is 110 Å². The molecule has 0 aromatic heterocycles. The first-order valence-electron chi connectivity index (χ1n) is 6.76. The van der Waals surface area contributed by atoms with Gasteiger partial charge in [-0.1, -0.05) is 0 Å². The zero-order valence-electron chi connectivity index (χ0n) is 11.6. The second-order valence-electron chi connectivity index (χ2n) is 4.77. The Morgan fingerprint density at radius 3 is 2.61 bits per heavy atom. The minimum Gasteiger partial charge on any atom is -0.382 e. The normalized spacial score (nSPS) is 17.9. The van der Waals surface area contributed by atoms with E-state index in [1.54, 1.807) is 14.2 Å². The van der Waals surface area contributed by atoms with Crippen LogP contribution in [0.5, 0.6) is 0 Å². The zero-order chi connectivity index (χ0) is 13.2. The van der Waals surface area contributed by atoms with Gasteiger partial charge in [0.1, 0.15) is 0 Å². The molecule has 5 nitrogen and oxygen atoms in total. The maximum atomic E-state index is 11.3. The number of methoxy groups -OCH3 is 1. The Morgan fingerprint density at radius 1 is 1.28 bits per heavy atom. The Bertz CT molecular complexity index is 228. The smallest absolute Gasteiger partial charge is 0.220 e. The van der Waals surface area contributed by atoms with E-state index >= 15 is 0 Å². The molecule has 0 spiro atoms. The highest BCUT2D eigenvalue weighted by atomic mass is 16.5. The molecule has 106 valence electrons. The molecular formula is C13H26N2O3. The van der Waals surface area contributed by atoms with E-state index in [-0.39, 0.29) is 5.91 Å². The quantitative estimate of drug-likeness (QED) is 0.644. The predicted molar refractivity (Wildman–Crippen MR) is 70.5 cm³/mol. The number of hydrogen-bond acceptors (Lipinski definition) is 4. The molecule has 5 heteroatoms. The maximum Gasteiger partial charge on any atom is 0.220 e. The van der Waals surface area contributed by atoms with E-state index in [1.165, 1.54) is 0 Å². The van der Waals surface area contributed by atoms with Crippen LogP contribution in [-0.2, 0) is 14.3 Å². The van der Waals surface area contributed by atoms with Crippen molar-refractivity contribution in [3.63, 3.8) is 0 Å². The Hall–Kier alpha value is -0.650. The van der Waals surface area contributed by atoms with Crippen molar-refractivity contribution in [2.75, 3.05) is 53.6 Å². The van der Waals surface area contributed by atoms with E-state index in [2.05, 4.69) is 10.2 Å². The Kier molecular flexibility index (Phi) is 7.96. The Balaban J connectivity index is 2.03. The molecule has 0 aromatic rings. The van der Waals surface area contributed by atoms with Gasteiger partial charge in [0.15, 0.2) is 0 Å². The van der Waals surface area contributed by atoms with Crippen LogP contribution in [0.15, 0.2) is 0 Å². The van der Waals surface area contributed by atoms with Crippen molar-refractivity contribution in [2.24, 2.45) is 5.92 Å². The Morgan fingerprint density at radius 2 is 2.00 bits per heavy atom. The molecule has 0 saturated carbocycles. The third-order valence-electron chi connectivity index (χ3n) is 3.44. The fraction of sp³-hybridized carbons (Fsp3) is 0.923. The lowest BCUT2D eigenvalue weighted by molar-refractivity contribution is -0.121. The third kappa shape index (κ3) is 6.33. The lowest BCUT2D eigenvalue weighted by Gasteiger charge is -2.31. The highest BCUT2D eigenvalue weighted by Gasteiger charge is 2.20. The van der Waals surface area contributed by atoms with Crippen molar-refractivity contribution in [3.05, 3.63) is 0 Å². The van der Waals surface area contributed by atoms with Crippen LogP contribution in [0.1, 0.15) is 19.3 Å². The van der Waals surface area contributed by atoms with Crippen molar-refractivity contribution < 1.29 is 14.3 Å². The second kappa shape index (κ2) is 9.30. The molecule has 0 aromatic carbocycles. The summed E-state index contributed by atoms with van der Waals surface area (Å²) in [5.41, 5.74) is 0. The van der Waals surface area contributed by atoms with E-state index in [0.717, 1.165) is 39.1 Å². The highest BCUT2D eigenvalue weighted by molar-refractivity contribution is 5.75. The van der Waals surface area contributed by atoms with E-state index in [1.807, 2.05) is 0 Å². The number of nitrogens with one attached hydrogen (secondary N) is 1. The van der Waals surface area contributed by atoms with Crippen LogP contribution in [0.25, 0.3) is 0 Å². The molecule has 1 heterocycles. The van der Waals surface area contributed by atoms with E-state index in [0.29, 0.717) is 25.6 Å². The van der Waals surface area contributed by atoms with Gasteiger partial charge in [-0.25, -0.2) is 0 Å². The van der Waals surface area contributed by atoms with Crippen molar-refractivity contribution >= 4 is 5.91 Å². The first kappa shape index (κ1) is 15.4. The van der Waals surface area contributed by atoms with Crippen molar-refractivity contribution in [1.29, 1.82) is 0 Å². The van der Waals surface area contributed by atoms with Crippen LogP contribution < -0.4 is 5.32 Å². The summed E-state index contributed by atoms with van der Waals surface area (Å²) in [4.78, 5) is 13.7. The number of hydrogen-bond donors (Lipinski definition) is 1. The number of carbonyl (C=O) groups excluding carboxylic acids is 1. The van der Waals surface area contributed by atoms with Gasteiger partial charge in [0, 0.05) is 27.1 Å². The van der Waals surface area contributed by atoms with E-state index < -0.39 is 0 Å². The molecule has 0 bridgehead atoms. The molecule has 1 saturated heterocycles. The molecule has 18 heavy (non-hydrogen) atoms. The number of amides is 1. The minimum atomic E-state index is 0.163. The van der Waals surface area contributed by atoms with Crippen LogP contribution in [0.2, 0.25) is 0 Å². The van der Waals surface area contributed by atoms with Gasteiger partial charge in [-0.05, 0) is 31.8 Å². The summed E-state index contributed by atoms with van der Waals surface area (Å²) >= 11 is 0. The zero-order valence-corrected chi connectivity index (χ0v) is 11.6. The van der Waals surface area contributed by atoms with E-state index in [9.17, 15) is 4.79 Å². The average Bonchev–Trinajstić information content (AvgIpc) is 2.40. The number of rotatable bonds is 8. The maximum absolute atomic E-state index is 11.3. The summed E-state index contributed by atoms with van der Waals surface area (Å²) in [5, 5.41) is 2.69. The summed E-state index contributed by atoms with van der Waals surface area (Å²) < 4.78 is 10.4. The molecule has 1 amide bonds. The minimum absolute atomic E-state index is 0.163. The summed E-state index contributed by atoms with van der Waals surface area (Å²) in [7, 11) is 3.38. The lowest BCUT2D eigenvalue weighted by atomic mass is 9.93. The molecule has 1 fully saturated rings. The van der Waals surface area contributed by atoms with Gasteiger partial charge in [-0.15, -0.1) is 0 Å². The number of piperidine rings is 1. The van der Waals surface area contributed by atoms with Crippen LogP contribution >= 0.6 is 0 Å². The van der Waals surface area contributed by atoms with Crippen LogP contribution in [0.4, 0.5) is 0 Å². The molecule has 1 aliphatic rings. The molecule has 1 N–H and O–H groups in total. The molecular weight excluding hydrogens is 232 g/mol. The molecule has 0 atom stereocenters. The topological polar surface area (TPSA) is 50.8 Å². The van der Waals surface area contributed by atoms with Crippen LogP contribution in [0, 0.1) is 5.92 Å². The number of likely N-dealkylation sites (tertiary alicyclic amines) is 1. The lowest BCUT2D eigenvalue weighted by Crippen LogP contribution is -2.37. The van der Waals surface area contributed by atoms with Gasteiger partial charge in [0.25, 0.3) is 0 Å². The summed E-state index contributed by atoms with van der Waals surface area (Å²) in [5.74, 6) is 0.715. The molecule has 0 unspecified atom stereocenters. The number of carbonyl (C=O) groups is 1. The van der Waals surface area contributed by atoms with E-state index in [4.69, 9.17) is 9.47 Å². The average molecular weight is 258 g/mol. The fourth-order valence-corrected chi connectivity index (χ4v) is 2.22. The molecule has 1 rings (SSSR count). The highest BCUT2D eigenvalue weighted by Crippen LogP contribution is 2.19. The number of ether oxygens (including phenoxy) is 2. The number of nitrogens with zero attached hydrogens (tertiary/aromatic N) is 1. The monoisotopic (exact) mass is 258 g/mol. The third-order valence-corrected chi connectivity index (χ3v) is 3.44. The second-order valence-corrected chi connectivity index (χ2v) is 4.77. The molecule has 1 aliphatic heterocycles. The summed E-state index contributed by atoms with van der Waals surface area (Å²) in [6.07, 6.45) is 2.91. The van der Waals surface area contributed by atoms with Crippen LogP contribution in [0.3, 0.4) is 0 Å². The van der Waals surface area contributed by atoms with Gasteiger partial charge >= 0.3 is 0 Å². The van der Waals surface area contributed by atoms with Crippen molar-refractivity contribution in [2.45, 2.75) is 19.3 Å². The molecule has 0 aliphatic carbocycles. The van der Waals surface area contributed by atoms with Gasteiger partial charge < -0.3 is 19.7 Å².